The number of nitrogens with zero attached hydrogens (tertiary/aromatic N) is 3. The summed E-state index contributed by atoms with van der Waals surface area (Å²) >= 11 is 12.0. The third-order valence-electron chi connectivity index (χ3n) is 7.43. The number of amides is 2. The number of benzene rings is 2. The van der Waals surface area contributed by atoms with Crippen molar-refractivity contribution in [1.29, 1.82) is 0 Å². The molecule has 2 amide bonds. The number of pyridine rings is 1. The number of aromatic nitrogens is 1. The molecule has 0 unspecified atom stereocenters. The highest BCUT2D eigenvalue weighted by Crippen LogP contribution is 2.52. The van der Waals surface area contributed by atoms with Crippen LogP contribution in [-0.4, -0.2) is 42.1 Å². The van der Waals surface area contributed by atoms with Crippen LogP contribution in [0.2, 0.25) is 10.2 Å². The SMILES string of the molecule is O=C(N(CC=Cc1ccc(Cl)cc1)Cc1ccnc(Cl)c1)N1CC2(CCNCC2)c2c1ccc(F)c2C(F)(F)F. The number of hydrogen-bond donors (Lipinski definition) is 1. The fourth-order valence-electron chi connectivity index (χ4n) is 5.59. The van der Waals surface area contributed by atoms with Gasteiger partial charge in [-0.05, 0) is 79.0 Å². The van der Waals surface area contributed by atoms with Gasteiger partial charge in [-0.3, -0.25) is 4.90 Å². The quantitative estimate of drug-likeness (QED) is 0.249. The van der Waals surface area contributed by atoms with E-state index in [1.165, 1.54) is 22.1 Å². The molecule has 210 valence electrons. The summed E-state index contributed by atoms with van der Waals surface area (Å²) in [7, 11) is 0. The molecule has 0 aliphatic carbocycles. The second-order valence-electron chi connectivity index (χ2n) is 10.0. The van der Waals surface area contributed by atoms with E-state index < -0.39 is 29.0 Å². The average Bonchev–Trinajstić information content (AvgIpc) is 3.21. The highest BCUT2D eigenvalue weighted by molar-refractivity contribution is 6.30. The molecule has 1 fully saturated rings. The van der Waals surface area contributed by atoms with Gasteiger partial charge in [0.1, 0.15) is 11.0 Å². The van der Waals surface area contributed by atoms with Crippen LogP contribution in [-0.2, 0) is 18.1 Å². The molecule has 5 nitrogen and oxygen atoms in total. The molecule has 1 spiro atoms. The van der Waals surface area contributed by atoms with Gasteiger partial charge in [0.15, 0.2) is 0 Å². The van der Waals surface area contributed by atoms with Crippen molar-refractivity contribution in [2.75, 3.05) is 31.1 Å². The van der Waals surface area contributed by atoms with Crippen LogP contribution in [0.1, 0.15) is 35.1 Å². The largest absolute Gasteiger partial charge is 0.419 e. The standard InChI is InChI=1S/C29H26Cl2F4N4O/c30-21-5-3-19(4-6-21)2-1-15-38(17-20-9-12-37-24(31)16-20)27(40)39-18-28(10-13-36-14-11-28)26-23(39)8-7-22(32)25(26)29(33,34)35/h1-9,12,16,36H,10-11,13-15,17-18H2. The molecule has 1 aromatic heterocycles. The predicted molar refractivity (Wildman–Crippen MR) is 148 cm³/mol. The fourth-order valence-corrected chi connectivity index (χ4v) is 5.91. The van der Waals surface area contributed by atoms with Gasteiger partial charge in [-0.2, -0.15) is 13.2 Å². The lowest BCUT2D eigenvalue weighted by atomic mass is 9.73. The zero-order chi connectivity index (χ0) is 28.5. The van der Waals surface area contributed by atoms with Gasteiger partial charge in [0.05, 0.1) is 11.3 Å². The van der Waals surface area contributed by atoms with E-state index in [4.69, 9.17) is 23.2 Å². The molecule has 40 heavy (non-hydrogen) atoms. The van der Waals surface area contributed by atoms with E-state index in [1.807, 2.05) is 18.2 Å². The molecular weight excluding hydrogens is 567 g/mol. The number of fused-ring (bicyclic) bond motifs is 2. The summed E-state index contributed by atoms with van der Waals surface area (Å²) in [5.74, 6) is -1.33. The molecule has 2 aliphatic heterocycles. The molecule has 3 aromatic rings. The summed E-state index contributed by atoms with van der Waals surface area (Å²) < 4.78 is 57.4. The Morgan fingerprint density at radius 3 is 2.50 bits per heavy atom. The maximum Gasteiger partial charge on any atom is 0.419 e. The Morgan fingerprint density at radius 2 is 1.82 bits per heavy atom. The van der Waals surface area contributed by atoms with Crippen LogP contribution in [0.15, 0.2) is 60.8 Å². The lowest BCUT2D eigenvalue weighted by molar-refractivity contribution is -0.141. The molecule has 0 radical (unpaired) electrons. The summed E-state index contributed by atoms with van der Waals surface area (Å²) in [6.07, 6.45) is 0.963. The molecule has 11 heteroatoms. The molecular formula is C29H26Cl2F4N4O. The van der Waals surface area contributed by atoms with E-state index >= 15 is 0 Å². The monoisotopic (exact) mass is 592 g/mol. The number of carbonyl (C=O) groups is 1. The van der Waals surface area contributed by atoms with Crippen LogP contribution < -0.4 is 10.2 Å². The zero-order valence-electron chi connectivity index (χ0n) is 21.3. The molecule has 5 rings (SSSR count). The Hall–Kier alpha value is -3.14. The molecule has 1 N–H and O–H groups in total. The van der Waals surface area contributed by atoms with Crippen LogP contribution in [0.5, 0.6) is 0 Å². The van der Waals surface area contributed by atoms with Crippen molar-refractivity contribution in [2.45, 2.75) is 31.0 Å². The molecule has 0 saturated carbocycles. The topological polar surface area (TPSA) is 48.5 Å². The van der Waals surface area contributed by atoms with Crippen molar-refractivity contribution in [2.24, 2.45) is 0 Å². The van der Waals surface area contributed by atoms with Crippen LogP contribution in [0, 0.1) is 5.82 Å². The zero-order valence-corrected chi connectivity index (χ0v) is 22.8. The van der Waals surface area contributed by atoms with Gasteiger partial charge in [0.25, 0.3) is 0 Å². The highest BCUT2D eigenvalue weighted by atomic mass is 35.5. The first-order valence-electron chi connectivity index (χ1n) is 12.8. The number of rotatable bonds is 5. The van der Waals surface area contributed by atoms with Crippen molar-refractivity contribution in [3.05, 3.63) is 99.1 Å². The smallest absolute Gasteiger partial charge is 0.317 e. The van der Waals surface area contributed by atoms with Gasteiger partial charge in [-0.25, -0.2) is 14.2 Å². The number of alkyl halides is 3. The van der Waals surface area contributed by atoms with Crippen molar-refractivity contribution in [3.8, 4) is 0 Å². The van der Waals surface area contributed by atoms with Gasteiger partial charge < -0.3 is 10.2 Å². The minimum Gasteiger partial charge on any atom is -0.317 e. The summed E-state index contributed by atoms with van der Waals surface area (Å²) in [5.41, 5.74) is -0.738. The summed E-state index contributed by atoms with van der Waals surface area (Å²) in [5, 5.41) is 4.02. The number of hydrogen-bond acceptors (Lipinski definition) is 3. The van der Waals surface area contributed by atoms with E-state index in [2.05, 4.69) is 10.3 Å². The number of piperidine rings is 1. The van der Waals surface area contributed by atoms with Crippen molar-refractivity contribution in [3.63, 3.8) is 0 Å². The first-order chi connectivity index (χ1) is 19.1. The van der Waals surface area contributed by atoms with Crippen molar-refractivity contribution < 1.29 is 22.4 Å². The van der Waals surface area contributed by atoms with E-state index in [0.29, 0.717) is 36.5 Å². The van der Waals surface area contributed by atoms with E-state index in [-0.39, 0.29) is 36.0 Å². The maximum absolute atomic E-state index is 14.8. The first kappa shape index (κ1) is 28.4. The van der Waals surface area contributed by atoms with Crippen LogP contribution in [0.25, 0.3) is 6.08 Å². The van der Waals surface area contributed by atoms with Crippen LogP contribution in [0.3, 0.4) is 0 Å². The molecule has 3 heterocycles. The number of carbonyl (C=O) groups excluding carboxylic acids is 1. The lowest BCUT2D eigenvalue weighted by Crippen LogP contribution is -2.48. The minimum atomic E-state index is -4.90. The normalized spacial score (nSPS) is 16.5. The third-order valence-corrected chi connectivity index (χ3v) is 7.89. The Bertz CT molecular complexity index is 1420. The van der Waals surface area contributed by atoms with Gasteiger partial charge in [-0.1, -0.05) is 47.5 Å². The number of anilines is 1. The number of urea groups is 1. The van der Waals surface area contributed by atoms with E-state index in [1.54, 1.807) is 30.3 Å². The fraction of sp³-hybridized carbons (Fsp3) is 0.310. The van der Waals surface area contributed by atoms with Crippen molar-refractivity contribution in [1.82, 2.24) is 15.2 Å². The van der Waals surface area contributed by atoms with Crippen molar-refractivity contribution >= 4 is 41.0 Å². The maximum atomic E-state index is 14.8. The summed E-state index contributed by atoms with van der Waals surface area (Å²) in [6.45, 7) is 1.27. The molecule has 0 bridgehead atoms. The average molecular weight is 593 g/mol. The van der Waals surface area contributed by atoms with Gasteiger partial charge in [0, 0.05) is 36.3 Å². The third kappa shape index (κ3) is 5.82. The number of halogens is 6. The van der Waals surface area contributed by atoms with Crippen LogP contribution in [0.4, 0.5) is 28.0 Å². The van der Waals surface area contributed by atoms with Gasteiger partial charge >= 0.3 is 12.2 Å². The van der Waals surface area contributed by atoms with Crippen LogP contribution >= 0.6 is 23.2 Å². The highest BCUT2D eigenvalue weighted by Gasteiger charge is 2.52. The predicted octanol–water partition coefficient (Wildman–Crippen LogP) is 7.32. The molecule has 1 saturated heterocycles. The number of nitrogens with one attached hydrogen (secondary N) is 1. The Morgan fingerprint density at radius 1 is 1.10 bits per heavy atom. The Labute approximate surface area is 239 Å². The summed E-state index contributed by atoms with van der Waals surface area (Å²) in [6, 6.07) is 12.1. The van der Waals surface area contributed by atoms with Gasteiger partial charge in [0.2, 0.25) is 0 Å². The Balaban J connectivity index is 1.52. The summed E-state index contributed by atoms with van der Waals surface area (Å²) in [4.78, 5) is 21.0. The lowest BCUT2D eigenvalue weighted by Gasteiger charge is -2.36. The van der Waals surface area contributed by atoms with Gasteiger partial charge in [-0.15, -0.1) is 0 Å². The second kappa shape index (κ2) is 11.4. The molecule has 2 aliphatic rings. The minimum absolute atomic E-state index is 0.0316. The van der Waals surface area contributed by atoms with E-state index in [0.717, 1.165) is 11.6 Å². The second-order valence-corrected chi connectivity index (χ2v) is 10.9. The van der Waals surface area contributed by atoms with E-state index in [9.17, 15) is 22.4 Å². The molecule has 0 atom stereocenters. The molecule has 2 aromatic carbocycles. The first-order valence-corrected chi connectivity index (χ1v) is 13.5. The Kier molecular flexibility index (Phi) is 8.08.